The lowest BCUT2D eigenvalue weighted by Crippen LogP contribution is -2.20. The Kier molecular flexibility index (Phi) is 8.95. The highest BCUT2D eigenvalue weighted by atomic mass is 16.5. The summed E-state index contributed by atoms with van der Waals surface area (Å²) >= 11 is 0. The van der Waals surface area contributed by atoms with E-state index < -0.39 is 17.7 Å². The Morgan fingerprint density at radius 3 is 2.23 bits per heavy atom. The van der Waals surface area contributed by atoms with Crippen molar-refractivity contribution in [2.75, 3.05) is 12.4 Å². The zero-order chi connectivity index (χ0) is 37.6. The summed E-state index contributed by atoms with van der Waals surface area (Å²) < 4.78 is 13.0. The molecule has 16 nitrogen and oxygen atoms in total. The number of aryl methyl sites for hydroxylation is 4. The molecular formula is C37H38N12O4. The van der Waals surface area contributed by atoms with Crippen molar-refractivity contribution < 1.29 is 19.1 Å². The number of carbonyl (C=O) groups is 3. The second-order valence-corrected chi connectivity index (χ2v) is 12.5. The predicted molar refractivity (Wildman–Crippen MR) is 200 cm³/mol. The molecule has 270 valence electrons. The van der Waals surface area contributed by atoms with E-state index in [-0.39, 0.29) is 18.1 Å². The lowest BCUT2D eigenvalue weighted by atomic mass is 10.1. The Balaban J connectivity index is 1.29. The zero-order valence-corrected chi connectivity index (χ0v) is 29.9. The lowest BCUT2D eigenvalue weighted by molar-refractivity contribution is 0.0992. The first kappa shape index (κ1) is 34.6. The number of carbonyl (C=O) groups excluding carboxylic acids is 3. The topological polar surface area (TPSA) is 209 Å². The second-order valence-electron chi connectivity index (χ2n) is 12.5. The van der Waals surface area contributed by atoms with Gasteiger partial charge in [-0.2, -0.15) is 10.2 Å². The van der Waals surface area contributed by atoms with Crippen LogP contribution in [-0.4, -0.2) is 68.5 Å². The van der Waals surface area contributed by atoms with Gasteiger partial charge < -0.3 is 25.3 Å². The summed E-state index contributed by atoms with van der Waals surface area (Å²) in [5.74, 6) is -0.426. The SMILES string of the molecule is CCn1nc(C)cc1C(=O)Nc1nc2cc(C(N)=O)cc(OC)c2n1CC=CCn1c2ccc(C(N)=O)cc2c2cnc(-c3cc(C)nn3CC)nc21. The number of allylic oxidation sites excluding steroid dienone is 2. The van der Waals surface area contributed by atoms with Crippen LogP contribution in [0.1, 0.15) is 56.4 Å². The van der Waals surface area contributed by atoms with Crippen molar-refractivity contribution in [3.8, 4) is 17.3 Å². The average molecular weight is 715 g/mol. The monoisotopic (exact) mass is 714 g/mol. The molecule has 53 heavy (non-hydrogen) atoms. The third-order valence-electron chi connectivity index (χ3n) is 9.03. The summed E-state index contributed by atoms with van der Waals surface area (Å²) in [5.41, 5.74) is 17.1. The molecule has 5 N–H and O–H groups in total. The minimum atomic E-state index is -0.636. The second kappa shape index (κ2) is 13.7. The largest absolute Gasteiger partial charge is 0.494 e. The van der Waals surface area contributed by atoms with Gasteiger partial charge in [-0.3, -0.25) is 29.1 Å². The number of nitrogens with two attached hydrogens (primary N) is 2. The molecule has 0 unspecified atom stereocenters. The molecule has 0 radical (unpaired) electrons. The normalized spacial score (nSPS) is 11.7. The van der Waals surface area contributed by atoms with E-state index in [9.17, 15) is 14.4 Å². The summed E-state index contributed by atoms with van der Waals surface area (Å²) in [6.45, 7) is 9.48. The van der Waals surface area contributed by atoms with E-state index in [1.165, 1.54) is 7.11 Å². The van der Waals surface area contributed by atoms with Gasteiger partial charge >= 0.3 is 0 Å². The van der Waals surface area contributed by atoms with Crippen LogP contribution >= 0.6 is 0 Å². The van der Waals surface area contributed by atoms with Crippen LogP contribution in [0.4, 0.5) is 5.95 Å². The van der Waals surface area contributed by atoms with E-state index >= 15 is 0 Å². The first-order chi connectivity index (χ1) is 25.5. The molecule has 7 rings (SSSR count). The van der Waals surface area contributed by atoms with Crippen LogP contribution in [0.3, 0.4) is 0 Å². The summed E-state index contributed by atoms with van der Waals surface area (Å²) in [6.07, 6.45) is 5.67. The van der Waals surface area contributed by atoms with Crippen LogP contribution in [0, 0.1) is 13.8 Å². The van der Waals surface area contributed by atoms with Gasteiger partial charge in [-0.1, -0.05) is 12.2 Å². The van der Waals surface area contributed by atoms with E-state index in [1.807, 2.05) is 61.2 Å². The standard InChI is InChI=1S/C37H38N12O4/c1-6-48-28(14-20(3)44-48)34-40-19-25-24-16-22(32(38)50)10-11-27(24)46(35(25)42-34)12-8-9-13-47-31-26(17-23(33(39)51)18-30(31)53-5)41-37(47)43-36(52)29-15-21(4)45-49(29)7-2/h8-11,14-19H,6-7,12-13H2,1-5H3,(H2,38,50)(H2,39,51)(H,41,43,52). The number of fused-ring (bicyclic) bond motifs is 4. The molecule has 0 saturated carbocycles. The maximum absolute atomic E-state index is 13.5. The van der Waals surface area contributed by atoms with Crippen LogP contribution in [0.15, 0.2) is 60.8 Å². The van der Waals surface area contributed by atoms with Crippen LogP contribution < -0.4 is 21.5 Å². The number of hydrogen-bond acceptors (Lipinski definition) is 9. The van der Waals surface area contributed by atoms with Crippen LogP contribution in [0.25, 0.3) is 44.5 Å². The number of rotatable bonds is 12. The van der Waals surface area contributed by atoms with E-state index in [4.69, 9.17) is 26.2 Å². The summed E-state index contributed by atoms with van der Waals surface area (Å²) in [4.78, 5) is 52.2. The summed E-state index contributed by atoms with van der Waals surface area (Å²) in [5, 5.41) is 13.4. The first-order valence-electron chi connectivity index (χ1n) is 17.0. The van der Waals surface area contributed by atoms with E-state index in [2.05, 4.69) is 20.5 Å². The van der Waals surface area contributed by atoms with Crippen molar-refractivity contribution in [1.82, 2.24) is 43.6 Å². The van der Waals surface area contributed by atoms with E-state index in [0.717, 1.165) is 27.7 Å². The van der Waals surface area contributed by atoms with Crippen molar-refractivity contribution in [2.24, 2.45) is 11.5 Å². The number of anilines is 1. The quantitative estimate of drug-likeness (QED) is 0.153. The van der Waals surface area contributed by atoms with Gasteiger partial charge in [0.25, 0.3) is 5.91 Å². The van der Waals surface area contributed by atoms with Gasteiger partial charge in [0.2, 0.25) is 17.8 Å². The van der Waals surface area contributed by atoms with E-state index in [1.54, 1.807) is 45.8 Å². The molecule has 0 aliphatic carbocycles. The maximum atomic E-state index is 13.5. The smallest absolute Gasteiger partial charge is 0.276 e. The Morgan fingerprint density at radius 1 is 0.830 bits per heavy atom. The molecule has 16 heteroatoms. The molecule has 3 amide bonds. The average Bonchev–Trinajstić information content (AvgIpc) is 3.90. The van der Waals surface area contributed by atoms with Crippen molar-refractivity contribution in [2.45, 2.75) is 53.9 Å². The number of aromatic nitrogens is 9. The Bertz CT molecular complexity index is 2620. The molecule has 0 fully saturated rings. The molecule has 0 bridgehead atoms. The van der Waals surface area contributed by atoms with E-state index in [0.29, 0.717) is 64.8 Å². The molecule has 7 aromatic rings. The number of nitrogens with one attached hydrogen (secondary N) is 1. The molecule has 0 saturated heterocycles. The van der Waals surface area contributed by atoms with Crippen molar-refractivity contribution in [3.05, 3.63) is 89.0 Å². The van der Waals surface area contributed by atoms with Crippen molar-refractivity contribution >= 4 is 56.6 Å². The minimum Gasteiger partial charge on any atom is -0.494 e. The predicted octanol–water partition coefficient (Wildman–Crippen LogP) is 4.37. The minimum absolute atomic E-state index is 0.219. The number of methoxy groups -OCH3 is 1. The van der Waals surface area contributed by atoms with Crippen LogP contribution in [0.2, 0.25) is 0 Å². The van der Waals surface area contributed by atoms with Gasteiger partial charge in [-0.05, 0) is 70.2 Å². The molecule has 0 spiro atoms. The fourth-order valence-corrected chi connectivity index (χ4v) is 6.59. The van der Waals surface area contributed by atoms with Gasteiger partial charge in [0.05, 0.1) is 29.5 Å². The molecular weight excluding hydrogens is 676 g/mol. The van der Waals surface area contributed by atoms with Gasteiger partial charge in [0.15, 0.2) is 5.82 Å². The van der Waals surface area contributed by atoms with Crippen LogP contribution in [-0.2, 0) is 26.2 Å². The highest BCUT2D eigenvalue weighted by Gasteiger charge is 2.22. The van der Waals surface area contributed by atoms with Crippen LogP contribution in [0.5, 0.6) is 5.75 Å². The zero-order valence-electron chi connectivity index (χ0n) is 29.9. The highest BCUT2D eigenvalue weighted by molar-refractivity contribution is 6.09. The number of ether oxygens (including phenoxy) is 1. The molecule has 5 aromatic heterocycles. The molecule has 5 heterocycles. The third-order valence-corrected chi connectivity index (χ3v) is 9.03. The molecule has 2 aromatic carbocycles. The molecule has 0 atom stereocenters. The van der Waals surface area contributed by atoms with Gasteiger partial charge in [0.1, 0.15) is 28.3 Å². The number of amides is 3. The Labute approximate surface area is 303 Å². The highest BCUT2D eigenvalue weighted by Crippen LogP contribution is 2.32. The molecule has 0 aliphatic heterocycles. The third kappa shape index (κ3) is 6.23. The Hall–Kier alpha value is -6.84. The first-order valence-corrected chi connectivity index (χ1v) is 17.0. The number of benzene rings is 2. The van der Waals surface area contributed by atoms with Gasteiger partial charge in [0, 0.05) is 54.3 Å². The van der Waals surface area contributed by atoms with Crippen molar-refractivity contribution in [3.63, 3.8) is 0 Å². The number of hydrogen-bond donors (Lipinski definition) is 3. The van der Waals surface area contributed by atoms with Gasteiger partial charge in [-0.25, -0.2) is 15.0 Å². The van der Waals surface area contributed by atoms with Gasteiger partial charge in [-0.15, -0.1) is 0 Å². The summed E-state index contributed by atoms with van der Waals surface area (Å²) in [6, 6.07) is 12.1. The fourth-order valence-electron chi connectivity index (χ4n) is 6.59. The maximum Gasteiger partial charge on any atom is 0.276 e. The summed E-state index contributed by atoms with van der Waals surface area (Å²) in [7, 11) is 1.49. The lowest BCUT2D eigenvalue weighted by Gasteiger charge is -2.11. The fraction of sp³-hybridized carbons (Fsp3) is 0.243. The number of imidazole rings is 1. The Morgan fingerprint density at radius 2 is 1.53 bits per heavy atom. The molecule has 0 aliphatic rings. The number of nitrogens with zero attached hydrogens (tertiary/aromatic N) is 9. The number of primary amides is 2. The van der Waals surface area contributed by atoms with Crippen molar-refractivity contribution in [1.29, 1.82) is 0 Å².